The molecule has 4 N–H and O–H groups in total. The number of esters is 1. The molecule has 0 fully saturated rings. The van der Waals surface area contributed by atoms with E-state index in [1.54, 1.807) is 26.2 Å². The van der Waals surface area contributed by atoms with Gasteiger partial charge in [-0.2, -0.15) is 11.8 Å². The third-order valence-corrected chi connectivity index (χ3v) is 6.91. The molecule has 1 rings (SSSR count). The van der Waals surface area contributed by atoms with Crippen LogP contribution >= 0.6 is 11.8 Å². The Morgan fingerprint density at radius 3 is 2.72 bits per heavy atom. The molecule has 0 aromatic carbocycles. The molecule has 0 saturated heterocycles. The maximum Gasteiger partial charge on any atom is 0.321 e. The fourth-order valence-electron chi connectivity index (χ4n) is 2.98. The van der Waals surface area contributed by atoms with Crippen molar-refractivity contribution in [1.82, 2.24) is 0 Å². The molecule has 1 aliphatic heterocycles. The molecule has 1 heterocycles. The predicted molar refractivity (Wildman–Crippen MR) is 115 cm³/mol. The number of aliphatic hydroxyl groups is 1. The van der Waals surface area contributed by atoms with Crippen LogP contribution in [-0.4, -0.2) is 64.1 Å². The predicted octanol–water partition coefficient (Wildman–Crippen LogP) is 2.52. The number of cyclic esters (lactones) is 1. The topological polar surface area (TPSA) is 119 Å². The highest BCUT2D eigenvalue weighted by molar-refractivity contribution is 8.00. The van der Waals surface area contributed by atoms with Crippen molar-refractivity contribution in [2.75, 3.05) is 12.9 Å². The van der Waals surface area contributed by atoms with Crippen LogP contribution in [0.2, 0.25) is 0 Å². The van der Waals surface area contributed by atoms with Gasteiger partial charge in [-0.1, -0.05) is 25.2 Å². The van der Waals surface area contributed by atoms with Crippen LogP contribution in [0.4, 0.5) is 0 Å². The van der Waals surface area contributed by atoms with Crippen molar-refractivity contribution in [1.29, 1.82) is 0 Å². The molecule has 0 bridgehead atoms. The van der Waals surface area contributed by atoms with Gasteiger partial charge in [0.25, 0.3) is 0 Å². The fourth-order valence-corrected chi connectivity index (χ4v) is 4.23. The number of thioether (sulfide) groups is 1. The van der Waals surface area contributed by atoms with Crippen LogP contribution < -0.4 is 5.73 Å². The van der Waals surface area contributed by atoms with Crippen LogP contribution in [0.3, 0.4) is 0 Å². The molecule has 166 valence electrons. The lowest BCUT2D eigenvalue weighted by atomic mass is 9.95. The molecule has 0 spiro atoms. The van der Waals surface area contributed by atoms with E-state index >= 15 is 0 Å². The minimum atomic E-state index is -1.39. The van der Waals surface area contributed by atoms with E-state index in [0.717, 1.165) is 30.2 Å². The lowest BCUT2D eigenvalue weighted by Crippen LogP contribution is -2.40. The molecule has 0 aromatic rings. The largest absolute Gasteiger partial charge is 0.480 e. The molecular formula is C21H35NO6S. The highest BCUT2D eigenvalue weighted by atomic mass is 32.2. The number of carbonyl (C=O) groups excluding carboxylic acids is 1. The lowest BCUT2D eigenvalue weighted by molar-refractivity contribution is -0.151. The molecule has 29 heavy (non-hydrogen) atoms. The number of nitrogens with two attached hydrogens (primary N) is 1. The highest BCUT2D eigenvalue weighted by Crippen LogP contribution is 2.30. The van der Waals surface area contributed by atoms with Gasteiger partial charge in [0.1, 0.15) is 12.1 Å². The van der Waals surface area contributed by atoms with Gasteiger partial charge in [-0.05, 0) is 45.1 Å². The molecule has 6 atom stereocenters. The first-order chi connectivity index (χ1) is 13.5. The summed E-state index contributed by atoms with van der Waals surface area (Å²) in [7, 11) is 1.60. The number of carbonyl (C=O) groups is 2. The number of carboxylic acids is 1. The first-order valence-corrected chi connectivity index (χ1v) is 10.9. The minimum absolute atomic E-state index is 0.0577. The van der Waals surface area contributed by atoms with Gasteiger partial charge in [-0.25, -0.2) is 0 Å². The average Bonchev–Trinajstić information content (AvgIpc) is 2.63. The first-order valence-electron chi connectivity index (χ1n) is 9.88. The van der Waals surface area contributed by atoms with E-state index < -0.39 is 28.8 Å². The Balaban J connectivity index is 3.17. The Morgan fingerprint density at radius 1 is 1.48 bits per heavy atom. The zero-order chi connectivity index (χ0) is 22.2. The summed E-state index contributed by atoms with van der Waals surface area (Å²) in [5.74, 6) is -1.31. The first kappa shape index (κ1) is 25.7. The Labute approximate surface area is 177 Å². The van der Waals surface area contributed by atoms with E-state index in [9.17, 15) is 14.7 Å². The van der Waals surface area contributed by atoms with E-state index in [1.165, 1.54) is 0 Å². The Morgan fingerprint density at radius 2 is 2.14 bits per heavy atom. The molecule has 0 aliphatic carbocycles. The van der Waals surface area contributed by atoms with Crippen LogP contribution in [0.5, 0.6) is 0 Å². The number of aliphatic carboxylic acids is 1. The summed E-state index contributed by atoms with van der Waals surface area (Å²) in [6.07, 6.45) is 6.56. The molecule has 0 amide bonds. The maximum absolute atomic E-state index is 12.5. The summed E-state index contributed by atoms with van der Waals surface area (Å²) in [6, 6.07) is -1.08. The van der Waals surface area contributed by atoms with Crippen molar-refractivity contribution in [2.45, 2.75) is 76.1 Å². The second-order valence-electron chi connectivity index (χ2n) is 7.91. The average molecular weight is 430 g/mol. The summed E-state index contributed by atoms with van der Waals surface area (Å²) < 4.78 is 11.1. The summed E-state index contributed by atoms with van der Waals surface area (Å²) in [5.41, 5.74) is 5.25. The molecular weight excluding hydrogens is 394 g/mol. The third kappa shape index (κ3) is 8.50. The second kappa shape index (κ2) is 11.7. The zero-order valence-electron chi connectivity index (χ0n) is 18.0. The van der Waals surface area contributed by atoms with Crippen LogP contribution in [0, 0.1) is 5.92 Å². The Bertz CT molecular complexity index is 618. The van der Waals surface area contributed by atoms with Gasteiger partial charge in [-0.3, -0.25) is 9.59 Å². The number of carboxylic acid groups (broad SMARTS) is 1. The van der Waals surface area contributed by atoms with Gasteiger partial charge < -0.3 is 25.4 Å². The minimum Gasteiger partial charge on any atom is -0.480 e. The zero-order valence-corrected chi connectivity index (χ0v) is 18.8. The molecule has 8 heteroatoms. The van der Waals surface area contributed by atoms with Crippen LogP contribution in [0.15, 0.2) is 23.8 Å². The summed E-state index contributed by atoms with van der Waals surface area (Å²) >= 11 is 1.15. The van der Waals surface area contributed by atoms with E-state index in [-0.39, 0.29) is 30.3 Å². The normalized spacial score (nSPS) is 34.4. The summed E-state index contributed by atoms with van der Waals surface area (Å²) in [4.78, 5) is 23.5. The summed E-state index contributed by atoms with van der Waals surface area (Å²) in [6.45, 7) is 7.47. The van der Waals surface area contributed by atoms with E-state index in [4.69, 9.17) is 20.3 Å². The van der Waals surface area contributed by atoms with Crippen molar-refractivity contribution in [2.24, 2.45) is 11.7 Å². The number of hydrogen-bond acceptors (Lipinski definition) is 7. The van der Waals surface area contributed by atoms with Crippen molar-refractivity contribution in [3.63, 3.8) is 0 Å². The Hall–Kier alpha value is -1.35. The van der Waals surface area contributed by atoms with Gasteiger partial charge >= 0.3 is 11.9 Å². The van der Waals surface area contributed by atoms with Crippen molar-refractivity contribution >= 4 is 23.7 Å². The van der Waals surface area contributed by atoms with Crippen molar-refractivity contribution < 1.29 is 29.3 Å². The monoisotopic (exact) mass is 429 g/mol. The standard InChI is InChI=1S/C21H35NO6S/c1-13-7-6-8-14(2)17(27-5)9-10-21(4,26)18(11-19(23)28-15(13)3)29-12-16(22)20(24)25/h8-10,13,15-18,26H,6-7,11-12,22H2,1-5H3,(H,24,25)/b10-9+,14-8?/t13-,15-,16-,17+,18+,21-/m0/s1. The van der Waals surface area contributed by atoms with Crippen molar-refractivity contribution in [3.05, 3.63) is 23.8 Å². The van der Waals surface area contributed by atoms with Gasteiger partial charge in [0.05, 0.1) is 18.1 Å². The number of methoxy groups -OCH3 is 1. The van der Waals surface area contributed by atoms with E-state index in [1.807, 2.05) is 20.8 Å². The van der Waals surface area contributed by atoms with Gasteiger partial charge in [-0.15, -0.1) is 0 Å². The lowest BCUT2D eigenvalue weighted by Gasteiger charge is -2.31. The fraction of sp³-hybridized carbons (Fsp3) is 0.714. The summed E-state index contributed by atoms with van der Waals surface area (Å²) in [5, 5.41) is 19.5. The molecule has 0 unspecified atom stereocenters. The second-order valence-corrected chi connectivity index (χ2v) is 9.15. The molecule has 0 saturated carbocycles. The third-order valence-electron chi connectivity index (χ3n) is 5.32. The van der Waals surface area contributed by atoms with E-state index in [0.29, 0.717) is 0 Å². The molecule has 7 nitrogen and oxygen atoms in total. The smallest absolute Gasteiger partial charge is 0.321 e. The van der Waals surface area contributed by atoms with Crippen LogP contribution in [-0.2, 0) is 19.1 Å². The number of ether oxygens (including phenoxy) is 2. The molecule has 0 radical (unpaired) electrons. The van der Waals surface area contributed by atoms with Crippen LogP contribution in [0.25, 0.3) is 0 Å². The number of rotatable bonds is 5. The number of hydrogen-bond donors (Lipinski definition) is 3. The highest BCUT2D eigenvalue weighted by Gasteiger charge is 2.34. The quantitative estimate of drug-likeness (QED) is 0.451. The molecule has 1 aliphatic rings. The van der Waals surface area contributed by atoms with Gasteiger partial charge in [0.15, 0.2) is 0 Å². The Kier molecular flexibility index (Phi) is 10.4. The van der Waals surface area contributed by atoms with E-state index in [2.05, 4.69) is 6.08 Å². The SMILES string of the molecule is CO[C@@H]1/C=C/[C@](C)(O)[C@H](SC[C@H](N)C(=O)O)CC(=O)O[C@@H](C)[C@@H](C)CCC=C1C. The van der Waals surface area contributed by atoms with Crippen molar-refractivity contribution in [3.8, 4) is 0 Å². The van der Waals surface area contributed by atoms with Crippen LogP contribution in [0.1, 0.15) is 47.0 Å². The molecule has 0 aromatic heterocycles. The van der Waals surface area contributed by atoms with Gasteiger partial charge in [0.2, 0.25) is 0 Å². The van der Waals surface area contributed by atoms with Gasteiger partial charge in [0, 0.05) is 18.1 Å². The maximum atomic E-state index is 12.5. The number of allylic oxidation sites excluding steroid dienone is 1.